The quantitative estimate of drug-likeness (QED) is 0.524. The van der Waals surface area contributed by atoms with Gasteiger partial charge in [-0.05, 0) is 5.57 Å². The standard InChI is InChI=1S/C8H8O7S/c9-6(10)5-2-1-3-8(4-5,7(11)12)16(13,14)15/h1-3H,4H2,(H,9,10)(H,11,12)(H,13,14,15)/p-2. The second-order valence-corrected chi connectivity index (χ2v) is 4.85. The summed E-state index contributed by atoms with van der Waals surface area (Å²) in [6, 6.07) is 0. The normalized spacial score (nSPS) is 24.9. The van der Waals surface area contributed by atoms with Crippen molar-refractivity contribution in [3.63, 3.8) is 0 Å². The number of rotatable bonds is 3. The molecular weight excluding hydrogens is 240 g/mol. The molecular formula is C8H6O7S-2. The molecule has 1 unspecified atom stereocenters. The van der Waals surface area contributed by atoms with E-state index in [9.17, 15) is 28.2 Å². The molecule has 16 heavy (non-hydrogen) atoms. The van der Waals surface area contributed by atoms with E-state index in [-0.39, 0.29) is 0 Å². The molecule has 0 aromatic carbocycles. The third-order valence-electron chi connectivity index (χ3n) is 2.18. The van der Waals surface area contributed by atoms with Crippen LogP contribution < -0.4 is 10.2 Å². The molecule has 0 saturated heterocycles. The summed E-state index contributed by atoms with van der Waals surface area (Å²) in [7, 11) is -5.03. The number of carbonyl (C=O) groups excluding carboxylic acids is 2. The molecule has 7 nitrogen and oxygen atoms in total. The first-order chi connectivity index (χ1) is 7.21. The lowest BCUT2D eigenvalue weighted by atomic mass is 9.93. The Morgan fingerprint density at radius 3 is 2.31 bits per heavy atom. The van der Waals surface area contributed by atoms with Crippen LogP contribution in [-0.2, 0) is 19.7 Å². The molecule has 0 aromatic heterocycles. The lowest BCUT2D eigenvalue weighted by Crippen LogP contribution is -2.54. The summed E-state index contributed by atoms with van der Waals surface area (Å²) in [6.45, 7) is 0. The van der Waals surface area contributed by atoms with E-state index in [0.717, 1.165) is 12.2 Å². The van der Waals surface area contributed by atoms with Gasteiger partial charge >= 0.3 is 0 Å². The van der Waals surface area contributed by atoms with E-state index in [1.807, 2.05) is 0 Å². The first kappa shape index (κ1) is 12.4. The SMILES string of the molecule is O=C([O-])C1=CC=CC(C(=O)[O-])(S(=O)(=O)O)C1. The van der Waals surface area contributed by atoms with Gasteiger partial charge in [0.25, 0.3) is 10.1 Å². The van der Waals surface area contributed by atoms with E-state index in [2.05, 4.69) is 0 Å². The van der Waals surface area contributed by atoms with Crippen LogP contribution in [-0.4, -0.2) is 29.7 Å². The molecule has 8 heteroatoms. The van der Waals surface area contributed by atoms with Crippen molar-refractivity contribution in [2.75, 3.05) is 0 Å². The van der Waals surface area contributed by atoms with E-state index < -0.39 is 38.8 Å². The van der Waals surface area contributed by atoms with Crippen molar-refractivity contribution >= 4 is 22.1 Å². The smallest absolute Gasteiger partial charge is 0.280 e. The molecule has 1 aliphatic carbocycles. The zero-order chi connectivity index (χ0) is 12.6. The summed E-state index contributed by atoms with van der Waals surface area (Å²) in [4.78, 5) is 21.2. The minimum atomic E-state index is -5.03. The zero-order valence-electron chi connectivity index (χ0n) is 7.74. The largest absolute Gasteiger partial charge is 0.548 e. The molecule has 88 valence electrons. The van der Waals surface area contributed by atoms with Crippen molar-refractivity contribution in [1.82, 2.24) is 0 Å². The molecule has 0 heterocycles. The van der Waals surface area contributed by atoms with E-state index in [0.29, 0.717) is 6.08 Å². The topological polar surface area (TPSA) is 135 Å². The van der Waals surface area contributed by atoms with Gasteiger partial charge < -0.3 is 19.8 Å². The summed E-state index contributed by atoms with van der Waals surface area (Å²) in [5.41, 5.74) is -0.552. The van der Waals surface area contributed by atoms with Gasteiger partial charge in [-0.3, -0.25) is 4.55 Å². The molecule has 1 rings (SSSR count). The van der Waals surface area contributed by atoms with Crippen LogP contribution in [0.3, 0.4) is 0 Å². The van der Waals surface area contributed by atoms with Crippen LogP contribution in [0.4, 0.5) is 0 Å². The highest BCUT2D eigenvalue weighted by atomic mass is 32.2. The van der Waals surface area contributed by atoms with E-state index >= 15 is 0 Å². The summed E-state index contributed by atoms with van der Waals surface area (Å²) in [5, 5.41) is 21.2. The molecule has 0 aliphatic heterocycles. The average Bonchev–Trinajstić information content (AvgIpc) is 2.15. The molecule has 1 atom stereocenters. The minimum Gasteiger partial charge on any atom is -0.548 e. The number of carboxylic acids is 2. The van der Waals surface area contributed by atoms with Gasteiger partial charge in [-0.2, -0.15) is 8.42 Å². The summed E-state index contributed by atoms with van der Waals surface area (Å²) in [5.74, 6) is -3.81. The summed E-state index contributed by atoms with van der Waals surface area (Å²) < 4.78 is 28.0. The van der Waals surface area contributed by atoms with Crippen molar-refractivity contribution in [1.29, 1.82) is 0 Å². The zero-order valence-corrected chi connectivity index (χ0v) is 8.56. The van der Waals surface area contributed by atoms with Crippen LogP contribution in [0.25, 0.3) is 0 Å². The maximum Gasteiger partial charge on any atom is 0.280 e. The van der Waals surface area contributed by atoms with Crippen LogP contribution in [0.1, 0.15) is 6.42 Å². The molecule has 0 saturated carbocycles. The van der Waals surface area contributed by atoms with Crippen LogP contribution in [0.5, 0.6) is 0 Å². The molecule has 0 fully saturated rings. The number of hydrogen-bond acceptors (Lipinski definition) is 6. The van der Waals surface area contributed by atoms with Gasteiger partial charge in [0.05, 0.1) is 11.9 Å². The molecule has 1 N–H and O–H groups in total. The number of carbonyl (C=O) groups is 2. The highest BCUT2D eigenvalue weighted by molar-refractivity contribution is 7.88. The summed E-state index contributed by atoms with van der Waals surface area (Å²) >= 11 is 0. The lowest BCUT2D eigenvalue weighted by molar-refractivity contribution is -0.308. The average molecular weight is 246 g/mol. The van der Waals surface area contributed by atoms with Gasteiger partial charge in [0, 0.05) is 6.42 Å². The fraction of sp³-hybridized carbons (Fsp3) is 0.250. The number of aliphatic carboxylic acids is 2. The fourth-order valence-corrected chi connectivity index (χ4v) is 2.08. The highest BCUT2D eigenvalue weighted by Crippen LogP contribution is 2.29. The molecule has 0 bridgehead atoms. The molecule has 0 spiro atoms. The lowest BCUT2D eigenvalue weighted by Gasteiger charge is -2.31. The minimum absolute atomic E-state index is 0.552. The van der Waals surface area contributed by atoms with Crippen LogP contribution in [0, 0.1) is 0 Å². The number of carboxylic acid groups (broad SMARTS) is 2. The first-order valence-corrected chi connectivity index (χ1v) is 5.43. The predicted molar refractivity (Wildman–Crippen MR) is 46.1 cm³/mol. The van der Waals surface area contributed by atoms with Crippen molar-refractivity contribution in [2.24, 2.45) is 0 Å². The van der Waals surface area contributed by atoms with Gasteiger partial charge in [-0.1, -0.05) is 18.2 Å². The fourth-order valence-electron chi connectivity index (χ4n) is 1.28. The van der Waals surface area contributed by atoms with Gasteiger partial charge in [0.2, 0.25) is 0 Å². The molecule has 0 radical (unpaired) electrons. The van der Waals surface area contributed by atoms with E-state index in [1.54, 1.807) is 0 Å². The van der Waals surface area contributed by atoms with Crippen molar-refractivity contribution in [2.45, 2.75) is 11.2 Å². The van der Waals surface area contributed by atoms with E-state index in [4.69, 9.17) is 4.55 Å². The molecule has 0 aromatic rings. The van der Waals surface area contributed by atoms with Crippen molar-refractivity contribution in [3.05, 3.63) is 23.8 Å². The Bertz CT molecular complexity index is 498. The Labute approximate surface area is 90.4 Å². The first-order valence-electron chi connectivity index (χ1n) is 3.99. The van der Waals surface area contributed by atoms with Gasteiger partial charge in [0.15, 0.2) is 4.75 Å². The van der Waals surface area contributed by atoms with E-state index in [1.165, 1.54) is 0 Å². The highest BCUT2D eigenvalue weighted by Gasteiger charge is 2.44. The van der Waals surface area contributed by atoms with Crippen LogP contribution in [0.15, 0.2) is 23.8 Å². The Morgan fingerprint density at radius 2 is 1.94 bits per heavy atom. The molecule has 1 aliphatic rings. The Kier molecular flexibility index (Phi) is 2.89. The second-order valence-electron chi connectivity index (χ2n) is 3.17. The Balaban J connectivity index is 3.32. The monoisotopic (exact) mass is 246 g/mol. The number of hydrogen-bond donors (Lipinski definition) is 1. The third-order valence-corrected chi connectivity index (χ3v) is 3.55. The van der Waals surface area contributed by atoms with Gasteiger partial charge in [-0.25, -0.2) is 0 Å². The van der Waals surface area contributed by atoms with Crippen LogP contribution in [0.2, 0.25) is 0 Å². The van der Waals surface area contributed by atoms with Gasteiger partial charge in [-0.15, -0.1) is 0 Å². The molecule has 0 amide bonds. The maximum absolute atomic E-state index is 11.0. The number of allylic oxidation sites excluding steroid dienone is 2. The maximum atomic E-state index is 11.0. The Morgan fingerprint density at radius 1 is 1.38 bits per heavy atom. The van der Waals surface area contributed by atoms with Crippen molar-refractivity contribution in [3.8, 4) is 0 Å². The second kappa shape index (κ2) is 3.72. The predicted octanol–water partition coefficient (Wildman–Crippen LogP) is -3.00. The van der Waals surface area contributed by atoms with Gasteiger partial charge in [0.1, 0.15) is 0 Å². The summed E-state index contributed by atoms with van der Waals surface area (Å²) in [6.07, 6.45) is 1.61. The Hall–Kier alpha value is -1.67. The van der Waals surface area contributed by atoms with Crippen molar-refractivity contribution < 1.29 is 32.8 Å². The van der Waals surface area contributed by atoms with Crippen LogP contribution >= 0.6 is 0 Å². The third kappa shape index (κ3) is 1.84.